The molecule has 0 fully saturated rings. The van der Waals surface area contributed by atoms with Gasteiger partial charge in [0.25, 0.3) is 5.91 Å². The average Bonchev–Trinajstić information content (AvgIpc) is 2.99. The molecular weight excluding hydrogens is 284 g/mol. The van der Waals surface area contributed by atoms with E-state index in [1.807, 2.05) is 24.4 Å². The third-order valence-electron chi connectivity index (χ3n) is 2.67. The molecule has 2 N–H and O–H groups in total. The van der Waals surface area contributed by atoms with E-state index in [2.05, 4.69) is 10.6 Å². The van der Waals surface area contributed by atoms with E-state index in [1.165, 1.54) is 6.08 Å². The van der Waals surface area contributed by atoms with Gasteiger partial charge in [-0.2, -0.15) is 0 Å². The van der Waals surface area contributed by atoms with E-state index in [1.54, 1.807) is 41.7 Å². The summed E-state index contributed by atoms with van der Waals surface area (Å²) in [6.07, 6.45) is 3.23. The van der Waals surface area contributed by atoms with Crippen LogP contribution in [0.3, 0.4) is 0 Å². The number of nitrogens with one attached hydrogen (secondary N) is 2. The minimum Gasteiger partial charge on any atom is -0.352 e. The molecule has 0 unspecified atom stereocenters. The number of hydrogen-bond acceptors (Lipinski definition) is 3. The lowest BCUT2D eigenvalue weighted by molar-refractivity contribution is -0.111. The predicted octanol–water partition coefficient (Wildman–Crippen LogP) is 3.15. The molecule has 4 nitrogen and oxygen atoms in total. The second-order valence-corrected chi connectivity index (χ2v) is 5.26. The van der Waals surface area contributed by atoms with E-state index < -0.39 is 0 Å². The smallest absolute Gasteiger partial charge is 0.251 e. The maximum absolute atomic E-state index is 11.8. The molecule has 0 radical (unpaired) electrons. The van der Waals surface area contributed by atoms with Crippen LogP contribution >= 0.6 is 11.3 Å². The lowest BCUT2D eigenvalue weighted by atomic mass is 10.2. The van der Waals surface area contributed by atoms with Crippen molar-refractivity contribution in [3.05, 3.63) is 58.3 Å². The zero-order valence-corrected chi connectivity index (χ0v) is 12.4. The van der Waals surface area contributed by atoms with Gasteiger partial charge in [0.05, 0.1) is 0 Å². The van der Waals surface area contributed by atoms with Crippen LogP contribution in [-0.2, 0) is 4.79 Å². The lowest BCUT2D eigenvalue weighted by Crippen LogP contribution is -2.22. The Balaban J connectivity index is 2.00. The van der Waals surface area contributed by atoms with Gasteiger partial charge in [-0.15, -0.1) is 11.3 Å². The SMILES string of the molecule is CCNC(=O)c1cccc(NC(=O)/C=C/c2cccs2)c1. The number of carbonyl (C=O) groups excluding carboxylic acids is 2. The maximum Gasteiger partial charge on any atom is 0.251 e. The Bertz CT molecular complexity index is 648. The first-order valence-electron chi connectivity index (χ1n) is 6.60. The topological polar surface area (TPSA) is 58.2 Å². The summed E-state index contributed by atoms with van der Waals surface area (Å²) in [6.45, 7) is 2.43. The first-order valence-corrected chi connectivity index (χ1v) is 7.48. The monoisotopic (exact) mass is 300 g/mol. The van der Waals surface area contributed by atoms with Gasteiger partial charge in [0.2, 0.25) is 5.91 Å². The highest BCUT2D eigenvalue weighted by atomic mass is 32.1. The summed E-state index contributed by atoms with van der Waals surface area (Å²) in [5.41, 5.74) is 1.12. The van der Waals surface area contributed by atoms with Crippen LogP contribution in [0.5, 0.6) is 0 Å². The Morgan fingerprint density at radius 3 is 2.81 bits per heavy atom. The van der Waals surface area contributed by atoms with E-state index >= 15 is 0 Å². The molecule has 1 heterocycles. The molecule has 2 rings (SSSR count). The number of hydrogen-bond donors (Lipinski definition) is 2. The Labute approximate surface area is 127 Å². The minimum atomic E-state index is -0.226. The van der Waals surface area contributed by atoms with Gasteiger partial charge in [0.15, 0.2) is 0 Å². The zero-order chi connectivity index (χ0) is 15.1. The minimum absolute atomic E-state index is 0.150. The Morgan fingerprint density at radius 1 is 1.24 bits per heavy atom. The summed E-state index contributed by atoms with van der Waals surface area (Å²) in [4.78, 5) is 24.6. The van der Waals surface area contributed by atoms with E-state index in [0.29, 0.717) is 17.8 Å². The fraction of sp³-hybridized carbons (Fsp3) is 0.125. The highest BCUT2D eigenvalue weighted by Gasteiger charge is 2.05. The van der Waals surface area contributed by atoms with Crippen molar-refractivity contribution in [2.45, 2.75) is 6.92 Å². The number of thiophene rings is 1. The molecule has 2 aromatic rings. The van der Waals surface area contributed by atoms with Crippen molar-refractivity contribution in [1.29, 1.82) is 0 Å². The van der Waals surface area contributed by atoms with Crippen LogP contribution in [0.4, 0.5) is 5.69 Å². The van der Waals surface area contributed by atoms with Gasteiger partial charge in [0.1, 0.15) is 0 Å². The summed E-state index contributed by atoms with van der Waals surface area (Å²) in [6, 6.07) is 10.7. The van der Waals surface area contributed by atoms with Crippen LogP contribution in [0.2, 0.25) is 0 Å². The molecule has 0 spiro atoms. The summed E-state index contributed by atoms with van der Waals surface area (Å²) in [5, 5.41) is 7.41. The van der Waals surface area contributed by atoms with Crippen LogP contribution < -0.4 is 10.6 Å². The molecule has 0 bridgehead atoms. The number of amides is 2. The second kappa shape index (κ2) is 7.40. The van der Waals surface area contributed by atoms with Crippen LogP contribution in [0.25, 0.3) is 6.08 Å². The third kappa shape index (κ3) is 4.57. The molecule has 0 saturated heterocycles. The van der Waals surface area contributed by atoms with Crippen LogP contribution in [0.15, 0.2) is 47.9 Å². The first-order chi connectivity index (χ1) is 10.2. The van der Waals surface area contributed by atoms with E-state index in [0.717, 1.165) is 4.88 Å². The van der Waals surface area contributed by atoms with Crippen LogP contribution in [0.1, 0.15) is 22.2 Å². The molecular formula is C16H16N2O2S. The lowest BCUT2D eigenvalue weighted by Gasteiger charge is -2.05. The number of benzene rings is 1. The second-order valence-electron chi connectivity index (χ2n) is 4.28. The van der Waals surface area contributed by atoms with Crippen molar-refractivity contribution in [2.75, 3.05) is 11.9 Å². The Kier molecular flexibility index (Phi) is 5.29. The summed E-state index contributed by atoms with van der Waals surface area (Å²) in [5.74, 6) is -0.376. The van der Waals surface area contributed by atoms with Crippen molar-refractivity contribution in [3.8, 4) is 0 Å². The third-order valence-corrected chi connectivity index (χ3v) is 3.51. The fourth-order valence-corrected chi connectivity index (χ4v) is 2.35. The molecule has 2 amide bonds. The average molecular weight is 300 g/mol. The van der Waals surface area contributed by atoms with Crippen molar-refractivity contribution >= 4 is 34.9 Å². The summed E-state index contributed by atoms with van der Waals surface area (Å²) < 4.78 is 0. The largest absolute Gasteiger partial charge is 0.352 e. The standard InChI is InChI=1S/C16H16N2O2S/c1-2-17-16(20)12-5-3-6-13(11-12)18-15(19)9-8-14-7-4-10-21-14/h3-11H,2H2,1H3,(H,17,20)(H,18,19)/b9-8+. The van der Waals surface area contributed by atoms with Crippen molar-refractivity contribution in [3.63, 3.8) is 0 Å². The number of rotatable bonds is 5. The maximum atomic E-state index is 11.8. The van der Waals surface area contributed by atoms with Gasteiger partial charge in [-0.3, -0.25) is 9.59 Å². The number of carbonyl (C=O) groups is 2. The molecule has 21 heavy (non-hydrogen) atoms. The van der Waals surface area contributed by atoms with E-state index in [4.69, 9.17) is 0 Å². The van der Waals surface area contributed by atoms with Gasteiger partial charge in [-0.05, 0) is 42.6 Å². The molecule has 0 atom stereocenters. The van der Waals surface area contributed by atoms with E-state index in [9.17, 15) is 9.59 Å². The highest BCUT2D eigenvalue weighted by Crippen LogP contribution is 2.12. The van der Waals surface area contributed by atoms with Gasteiger partial charge in [0, 0.05) is 28.7 Å². The fourth-order valence-electron chi connectivity index (χ4n) is 1.73. The molecule has 5 heteroatoms. The first kappa shape index (κ1) is 15.0. The van der Waals surface area contributed by atoms with Gasteiger partial charge in [-0.1, -0.05) is 12.1 Å². The summed E-state index contributed by atoms with van der Waals surface area (Å²) >= 11 is 1.56. The van der Waals surface area contributed by atoms with Crippen molar-refractivity contribution < 1.29 is 9.59 Å². The summed E-state index contributed by atoms with van der Waals surface area (Å²) in [7, 11) is 0. The van der Waals surface area contributed by atoms with Gasteiger partial charge in [-0.25, -0.2) is 0 Å². The molecule has 108 valence electrons. The molecule has 1 aromatic heterocycles. The normalized spacial score (nSPS) is 10.5. The molecule has 1 aromatic carbocycles. The number of anilines is 1. The Hall–Kier alpha value is -2.40. The predicted molar refractivity (Wildman–Crippen MR) is 86.4 cm³/mol. The molecule has 0 aliphatic heterocycles. The Morgan fingerprint density at radius 2 is 2.10 bits per heavy atom. The van der Waals surface area contributed by atoms with E-state index in [-0.39, 0.29) is 11.8 Å². The molecule has 0 aliphatic rings. The molecule has 0 aliphatic carbocycles. The van der Waals surface area contributed by atoms with Crippen LogP contribution in [0, 0.1) is 0 Å². The zero-order valence-electron chi connectivity index (χ0n) is 11.6. The van der Waals surface area contributed by atoms with Crippen molar-refractivity contribution in [1.82, 2.24) is 5.32 Å². The quantitative estimate of drug-likeness (QED) is 0.833. The molecule has 0 saturated carbocycles. The van der Waals surface area contributed by atoms with Gasteiger partial charge < -0.3 is 10.6 Å². The highest BCUT2D eigenvalue weighted by molar-refractivity contribution is 7.10. The van der Waals surface area contributed by atoms with Crippen molar-refractivity contribution in [2.24, 2.45) is 0 Å². The van der Waals surface area contributed by atoms with Crippen LogP contribution in [-0.4, -0.2) is 18.4 Å². The van der Waals surface area contributed by atoms with Gasteiger partial charge >= 0.3 is 0 Å².